The number of nitrogens with one attached hydrogen (secondary N) is 2. The lowest BCUT2D eigenvalue weighted by molar-refractivity contribution is 0.00893. The van der Waals surface area contributed by atoms with Gasteiger partial charge in [0.15, 0.2) is 0 Å². The van der Waals surface area contributed by atoms with Crippen LogP contribution in [-0.2, 0) is 0 Å². The highest BCUT2D eigenvalue weighted by Gasteiger charge is 2.35. The second-order valence-electron chi connectivity index (χ2n) is 9.37. The van der Waals surface area contributed by atoms with Crippen LogP contribution in [0.4, 0.5) is 10.5 Å². The molecule has 172 valence electrons. The minimum Gasteiger partial charge on any atom is -0.490 e. The molecule has 7 nitrogen and oxygen atoms in total. The molecule has 1 aliphatic carbocycles. The van der Waals surface area contributed by atoms with Gasteiger partial charge in [0.1, 0.15) is 11.9 Å². The quantitative estimate of drug-likeness (QED) is 0.698. The number of rotatable bonds is 7. The summed E-state index contributed by atoms with van der Waals surface area (Å²) in [6, 6.07) is 8.31. The Morgan fingerprint density at radius 3 is 2.52 bits per heavy atom. The van der Waals surface area contributed by atoms with E-state index in [2.05, 4.69) is 32.4 Å². The summed E-state index contributed by atoms with van der Waals surface area (Å²) >= 11 is 0. The summed E-state index contributed by atoms with van der Waals surface area (Å²) in [4.78, 5) is 19.6. The van der Waals surface area contributed by atoms with Crippen molar-refractivity contribution in [2.45, 2.75) is 50.7 Å². The highest BCUT2D eigenvalue weighted by Crippen LogP contribution is 2.31. The van der Waals surface area contributed by atoms with Gasteiger partial charge in [0.2, 0.25) is 0 Å². The molecule has 1 saturated carbocycles. The number of piperidine rings is 1. The zero-order valence-electron chi connectivity index (χ0n) is 19.0. The first-order valence-corrected chi connectivity index (χ1v) is 12.1. The number of urea groups is 1. The van der Waals surface area contributed by atoms with Gasteiger partial charge in [0.25, 0.3) is 0 Å². The number of hydrogen-bond acceptors (Lipinski definition) is 5. The van der Waals surface area contributed by atoms with Gasteiger partial charge in [-0.05, 0) is 76.8 Å². The first kappa shape index (κ1) is 22.4. The van der Waals surface area contributed by atoms with Gasteiger partial charge in [0.05, 0.1) is 0 Å². The normalized spacial score (nSPS) is 26.0. The largest absolute Gasteiger partial charge is 0.490 e. The predicted molar refractivity (Wildman–Crippen MR) is 125 cm³/mol. The fourth-order valence-electron chi connectivity index (χ4n) is 4.85. The predicted octanol–water partition coefficient (Wildman–Crippen LogP) is 2.84. The van der Waals surface area contributed by atoms with Gasteiger partial charge in [-0.15, -0.1) is 0 Å². The molecule has 1 aromatic rings. The van der Waals surface area contributed by atoms with Crippen LogP contribution in [0.1, 0.15) is 38.5 Å². The number of ether oxygens (including phenoxy) is 1. The Morgan fingerprint density at radius 2 is 1.74 bits per heavy atom. The van der Waals surface area contributed by atoms with Crippen molar-refractivity contribution < 1.29 is 9.53 Å². The van der Waals surface area contributed by atoms with Crippen LogP contribution in [0.25, 0.3) is 0 Å². The summed E-state index contributed by atoms with van der Waals surface area (Å²) in [5.41, 5.74) is 0.793. The molecule has 3 fully saturated rings. The Kier molecular flexibility index (Phi) is 8.05. The summed E-state index contributed by atoms with van der Waals surface area (Å²) in [7, 11) is 2.17. The minimum absolute atomic E-state index is 0.149. The molecule has 2 amide bonds. The van der Waals surface area contributed by atoms with Gasteiger partial charge in [-0.2, -0.15) is 0 Å². The number of nitrogens with zero attached hydrogens (tertiary/aromatic N) is 3. The molecular formula is C24H39N5O2. The number of carbonyl (C=O) groups is 1. The Labute approximate surface area is 187 Å². The molecule has 2 N–H and O–H groups in total. The molecule has 0 unspecified atom stereocenters. The average molecular weight is 430 g/mol. The van der Waals surface area contributed by atoms with Crippen LogP contribution >= 0.6 is 0 Å². The molecule has 7 heteroatoms. The first-order chi connectivity index (χ1) is 15.2. The molecule has 0 radical (unpaired) electrons. The first-order valence-electron chi connectivity index (χ1n) is 12.1. The van der Waals surface area contributed by atoms with Crippen LogP contribution in [0.15, 0.2) is 24.3 Å². The van der Waals surface area contributed by atoms with E-state index < -0.39 is 0 Å². The SMILES string of the molecule is CN1CCCN(CCNC(=O)Nc2ccc(OC3CC(N4CCCCC4)C3)cc2)CC1. The molecule has 0 spiro atoms. The molecule has 2 heterocycles. The summed E-state index contributed by atoms with van der Waals surface area (Å²) < 4.78 is 6.12. The lowest BCUT2D eigenvalue weighted by Crippen LogP contribution is -2.50. The third kappa shape index (κ3) is 6.82. The minimum atomic E-state index is -0.149. The fourth-order valence-corrected chi connectivity index (χ4v) is 4.85. The zero-order chi connectivity index (χ0) is 21.5. The van der Waals surface area contributed by atoms with Crippen LogP contribution in [0.5, 0.6) is 5.75 Å². The maximum absolute atomic E-state index is 12.2. The smallest absolute Gasteiger partial charge is 0.319 e. The molecule has 2 saturated heterocycles. The molecule has 31 heavy (non-hydrogen) atoms. The van der Waals surface area contributed by atoms with E-state index in [0.29, 0.717) is 18.7 Å². The van der Waals surface area contributed by atoms with Gasteiger partial charge in [-0.3, -0.25) is 0 Å². The number of anilines is 1. The maximum atomic E-state index is 12.2. The lowest BCUT2D eigenvalue weighted by atomic mass is 9.86. The molecule has 0 bridgehead atoms. The number of likely N-dealkylation sites (N-methyl/N-ethyl adjacent to an activating group) is 1. The van der Waals surface area contributed by atoms with Crippen molar-refractivity contribution >= 4 is 11.7 Å². The summed E-state index contributed by atoms with van der Waals surface area (Å²) in [6.45, 7) is 8.51. The van der Waals surface area contributed by atoms with Gasteiger partial charge in [-0.25, -0.2) is 4.79 Å². The topological polar surface area (TPSA) is 60.1 Å². The molecular weight excluding hydrogens is 390 g/mol. The van der Waals surface area contributed by atoms with E-state index in [1.165, 1.54) is 38.8 Å². The van der Waals surface area contributed by atoms with E-state index in [9.17, 15) is 4.79 Å². The van der Waals surface area contributed by atoms with Gasteiger partial charge >= 0.3 is 6.03 Å². The molecule has 3 aliphatic rings. The van der Waals surface area contributed by atoms with E-state index in [1.54, 1.807) is 0 Å². The molecule has 2 aliphatic heterocycles. The highest BCUT2D eigenvalue weighted by atomic mass is 16.5. The second-order valence-corrected chi connectivity index (χ2v) is 9.37. The van der Waals surface area contributed by atoms with Crippen molar-refractivity contribution in [2.24, 2.45) is 0 Å². The van der Waals surface area contributed by atoms with Crippen molar-refractivity contribution in [2.75, 3.05) is 64.7 Å². The Bertz CT molecular complexity index is 686. The van der Waals surface area contributed by atoms with E-state index in [4.69, 9.17) is 4.74 Å². The average Bonchev–Trinajstić information content (AvgIpc) is 2.96. The van der Waals surface area contributed by atoms with Crippen LogP contribution < -0.4 is 15.4 Å². The molecule has 4 rings (SSSR count). The number of likely N-dealkylation sites (tertiary alicyclic amines) is 1. The monoisotopic (exact) mass is 429 g/mol. The van der Waals surface area contributed by atoms with Gasteiger partial charge in [-0.1, -0.05) is 6.42 Å². The van der Waals surface area contributed by atoms with Crippen LogP contribution in [0.2, 0.25) is 0 Å². The molecule has 1 aromatic carbocycles. The third-order valence-electron chi connectivity index (χ3n) is 6.92. The lowest BCUT2D eigenvalue weighted by Gasteiger charge is -2.44. The van der Waals surface area contributed by atoms with Crippen molar-refractivity contribution in [3.8, 4) is 5.75 Å². The van der Waals surface area contributed by atoms with Crippen LogP contribution in [0.3, 0.4) is 0 Å². The third-order valence-corrected chi connectivity index (χ3v) is 6.92. The number of amides is 2. The summed E-state index contributed by atoms with van der Waals surface area (Å²) in [5, 5.41) is 5.89. The second kappa shape index (κ2) is 11.2. The molecule has 0 aromatic heterocycles. The summed E-state index contributed by atoms with van der Waals surface area (Å²) in [5.74, 6) is 0.888. The number of carbonyl (C=O) groups excluding carboxylic acids is 1. The zero-order valence-corrected chi connectivity index (χ0v) is 19.0. The van der Waals surface area contributed by atoms with E-state index in [-0.39, 0.29) is 6.03 Å². The Hall–Kier alpha value is -1.83. The van der Waals surface area contributed by atoms with Crippen molar-refractivity contribution in [1.29, 1.82) is 0 Å². The van der Waals surface area contributed by atoms with Crippen LogP contribution in [-0.4, -0.2) is 92.3 Å². The van der Waals surface area contributed by atoms with Crippen molar-refractivity contribution in [3.63, 3.8) is 0 Å². The fraction of sp³-hybridized carbons (Fsp3) is 0.708. The number of benzene rings is 1. The standard InChI is InChI=1S/C24H39N5O2/c1-27-11-5-12-28(17-16-27)15-10-25-24(30)26-20-6-8-22(9-7-20)31-23-18-21(19-23)29-13-3-2-4-14-29/h6-9,21,23H,2-5,10-19H2,1H3,(H2,25,26,30). The molecule has 0 atom stereocenters. The van der Waals surface area contributed by atoms with Gasteiger partial charge < -0.3 is 30.1 Å². The highest BCUT2D eigenvalue weighted by molar-refractivity contribution is 5.89. The van der Waals surface area contributed by atoms with Crippen molar-refractivity contribution in [1.82, 2.24) is 20.0 Å². The maximum Gasteiger partial charge on any atom is 0.319 e. The van der Waals surface area contributed by atoms with E-state index >= 15 is 0 Å². The van der Waals surface area contributed by atoms with E-state index in [0.717, 1.165) is 57.0 Å². The number of hydrogen-bond donors (Lipinski definition) is 2. The van der Waals surface area contributed by atoms with Crippen LogP contribution in [0, 0.1) is 0 Å². The van der Waals surface area contributed by atoms with Gasteiger partial charge in [0, 0.05) is 50.7 Å². The summed E-state index contributed by atoms with van der Waals surface area (Å²) in [6.07, 6.45) is 7.87. The van der Waals surface area contributed by atoms with E-state index in [1.807, 2.05) is 24.3 Å². The van der Waals surface area contributed by atoms with Crippen molar-refractivity contribution in [3.05, 3.63) is 24.3 Å². The Morgan fingerprint density at radius 1 is 0.968 bits per heavy atom. The Balaban J connectivity index is 1.11.